The Morgan fingerprint density at radius 3 is 2.52 bits per heavy atom. The van der Waals surface area contributed by atoms with Crippen LogP contribution in [0.5, 0.6) is 0 Å². The third-order valence-electron chi connectivity index (χ3n) is 2.75. The third kappa shape index (κ3) is 4.68. The van der Waals surface area contributed by atoms with Gasteiger partial charge in [-0.1, -0.05) is 25.8 Å². The van der Waals surface area contributed by atoms with Crippen molar-refractivity contribution in [3.8, 4) is 0 Å². The number of aromatic nitrogens is 2. The molecule has 0 amide bonds. The maximum atomic E-state index is 12.0. The summed E-state index contributed by atoms with van der Waals surface area (Å²) in [4.78, 5) is 0. The van der Waals surface area contributed by atoms with Gasteiger partial charge in [-0.25, -0.2) is 8.42 Å². The molecule has 0 aliphatic heterocycles. The molecule has 0 aromatic carbocycles. The summed E-state index contributed by atoms with van der Waals surface area (Å²) in [7, 11) is -3.56. The van der Waals surface area contributed by atoms with Crippen molar-refractivity contribution in [3.05, 3.63) is 29.6 Å². The smallest absolute Gasteiger partial charge is 0.272 e. The van der Waals surface area contributed by atoms with E-state index in [0.717, 1.165) is 30.7 Å². The summed E-state index contributed by atoms with van der Waals surface area (Å²) < 4.78 is 26.7. The molecule has 0 aliphatic rings. The Bertz CT molecular complexity index is 639. The zero-order chi connectivity index (χ0) is 15.1. The fourth-order valence-electron chi connectivity index (χ4n) is 1.68. The Balaban J connectivity index is 1.93. The fraction of sp³-hybridized carbons (Fsp3) is 0.385. The standard InChI is InChI=1S/C13H18N4O2S2/c1-2-3-4-9-14-11-7-8-12(16-15-11)17-21(18,19)13-6-5-10-20-13/h5-8,10H,2-4,9H2,1H3,(H,14,15)(H,16,17). The van der Waals surface area contributed by atoms with Gasteiger partial charge in [-0.15, -0.1) is 21.5 Å². The second kappa shape index (κ2) is 7.37. The van der Waals surface area contributed by atoms with Crippen molar-refractivity contribution in [3.63, 3.8) is 0 Å². The van der Waals surface area contributed by atoms with E-state index in [9.17, 15) is 8.42 Å². The topological polar surface area (TPSA) is 84.0 Å². The second-order valence-corrected chi connectivity index (χ2v) is 7.33. The van der Waals surface area contributed by atoms with E-state index < -0.39 is 10.0 Å². The molecule has 0 fully saturated rings. The molecule has 0 bridgehead atoms. The van der Waals surface area contributed by atoms with E-state index in [1.54, 1.807) is 29.6 Å². The van der Waals surface area contributed by atoms with Crippen LogP contribution in [0.3, 0.4) is 0 Å². The summed E-state index contributed by atoms with van der Waals surface area (Å²) in [5.41, 5.74) is 0. The van der Waals surface area contributed by atoms with Gasteiger partial charge < -0.3 is 5.32 Å². The SMILES string of the molecule is CCCCCNc1ccc(NS(=O)(=O)c2cccs2)nn1. The monoisotopic (exact) mass is 326 g/mol. The van der Waals surface area contributed by atoms with E-state index in [1.165, 1.54) is 6.42 Å². The predicted molar refractivity (Wildman–Crippen MR) is 85.2 cm³/mol. The summed E-state index contributed by atoms with van der Waals surface area (Å²) in [6.45, 7) is 2.98. The van der Waals surface area contributed by atoms with Crippen molar-refractivity contribution < 1.29 is 8.42 Å². The van der Waals surface area contributed by atoms with Crippen LogP contribution in [0, 0.1) is 0 Å². The summed E-state index contributed by atoms with van der Waals surface area (Å²) in [6, 6.07) is 6.55. The highest BCUT2D eigenvalue weighted by molar-refractivity contribution is 7.94. The van der Waals surface area contributed by atoms with E-state index in [2.05, 4.69) is 27.2 Å². The van der Waals surface area contributed by atoms with Crippen LogP contribution >= 0.6 is 11.3 Å². The summed E-state index contributed by atoms with van der Waals surface area (Å²) in [6.07, 6.45) is 3.40. The summed E-state index contributed by atoms with van der Waals surface area (Å²) in [5, 5.41) is 12.7. The van der Waals surface area contributed by atoms with Crippen LogP contribution in [-0.2, 0) is 10.0 Å². The first-order chi connectivity index (χ1) is 10.1. The van der Waals surface area contributed by atoms with Crippen molar-refractivity contribution in [2.75, 3.05) is 16.6 Å². The molecule has 2 aromatic rings. The molecule has 2 aromatic heterocycles. The maximum Gasteiger partial charge on any atom is 0.272 e. The molecular weight excluding hydrogens is 308 g/mol. The Morgan fingerprint density at radius 1 is 1.14 bits per heavy atom. The predicted octanol–water partition coefficient (Wildman–Crippen LogP) is 2.94. The van der Waals surface area contributed by atoms with E-state index >= 15 is 0 Å². The Hall–Kier alpha value is -1.67. The lowest BCUT2D eigenvalue weighted by Gasteiger charge is -2.07. The van der Waals surface area contributed by atoms with Crippen LogP contribution in [0.15, 0.2) is 33.9 Å². The van der Waals surface area contributed by atoms with Gasteiger partial charge in [0.25, 0.3) is 10.0 Å². The minimum Gasteiger partial charge on any atom is -0.369 e. The third-order valence-corrected chi connectivity index (χ3v) is 5.50. The first kappa shape index (κ1) is 15.7. The molecule has 0 saturated carbocycles. The van der Waals surface area contributed by atoms with Gasteiger partial charge in [0.05, 0.1) is 0 Å². The van der Waals surface area contributed by atoms with Crippen molar-refractivity contribution in [1.29, 1.82) is 0 Å². The normalized spacial score (nSPS) is 11.3. The van der Waals surface area contributed by atoms with Gasteiger partial charge in [0.1, 0.15) is 10.0 Å². The van der Waals surface area contributed by atoms with E-state index in [-0.39, 0.29) is 10.0 Å². The number of rotatable bonds is 8. The number of nitrogens with one attached hydrogen (secondary N) is 2. The molecule has 8 heteroatoms. The van der Waals surface area contributed by atoms with Crippen molar-refractivity contribution >= 4 is 33.0 Å². The van der Waals surface area contributed by atoms with E-state index in [1.807, 2.05) is 0 Å². The van der Waals surface area contributed by atoms with Gasteiger partial charge in [0.15, 0.2) is 5.82 Å². The van der Waals surface area contributed by atoms with Gasteiger partial charge in [0.2, 0.25) is 0 Å². The van der Waals surface area contributed by atoms with Crippen LogP contribution in [0.2, 0.25) is 0 Å². The lowest BCUT2D eigenvalue weighted by Crippen LogP contribution is -2.13. The molecule has 2 N–H and O–H groups in total. The number of anilines is 2. The molecule has 2 heterocycles. The number of hydrogen-bond donors (Lipinski definition) is 2. The number of sulfonamides is 1. The van der Waals surface area contributed by atoms with Gasteiger partial charge in [-0.2, -0.15) is 0 Å². The number of hydrogen-bond acceptors (Lipinski definition) is 6. The molecule has 0 unspecified atom stereocenters. The second-order valence-electron chi connectivity index (χ2n) is 4.48. The quantitative estimate of drug-likeness (QED) is 0.729. The van der Waals surface area contributed by atoms with Crippen molar-refractivity contribution in [2.24, 2.45) is 0 Å². The van der Waals surface area contributed by atoms with Crippen LogP contribution in [0.25, 0.3) is 0 Å². The van der Waals surface area contributed by atoms with E-state index in [0.29, 0.717) is 5.82 Å². The number of unbranched alkanes of at least 4 members (excludes halogenated alkanes) is 2. The van der Waals surface area contributed by atoms with Gasteiger partial charge in [-0.05, 0) is 30.0 Å². The zero-order valence-electron chi connectivity index (χ0n) is 11.7. The molecule has 114 valence electrons. The van der Waals surface area contributed by atoms with Gasteiger partial charge >= 0.3 is 0 Å². The highest BCUT2D eigenvalue weighted by Crippen LogP contribution is 2.19. The maximum absolute atomic E-state index is 12.0. The van der Waals surface area contributed by atoms with Crippen molar-refractivity contribution in [1.82, 2.24) is 10.2 Å². The summed E-state index contributed by atoms with van der Waals surface area (Å²) in [5.74, 6) is 0.854. The van der Waals surface area contributed by atoms with Gasteiger partial charge in [0, 0.05) is 6.54 Å². The molecule has 0 atom stereocenters. The minimum absolute atomic E-state index is 0.211. The summed E-state index contributed by atoms with van der Waals surface area (Å²) >= 11 is 1.16. The van der Waals surface area contributed by atoms with Gasteiger partial charge in [-0.3, -0.25) is 4.72 Å². The molecular formula is C13H18N4O2S2. The first-order valence-electron chi connectivity index (χ1n) is 6.76. The first-order valence-corrected chi connectivity index (χ1v) is 9.12. The molecule has 0 saturated heterocycles. The Labute approximate surface area is 128 Å². The zero-order valence-corrected chi connectivity index (χ0v) is 13.4. The van der Waals surface area contributed by atoms with Crippen LogP contribution < -0.4 is 10.0 Å². The lowest BCUT2D eigenvalue weighted by atomic mass is 10.2. The average Bonchev–Trinajstić information content (AvgIpc) is 3.00. The fourth-order valence-corrected chi connectivity index (χ4v) is 3.67. The Morgan fingerprint density at radius 2 is 1.90 bits per heavy atom. The van der Waals surface area contributed by atoms with E-state index in [4.69, 9.17) is 0 Å². The Kier molecular flexibility index (Phi) is 5.51. The average molecular weight is 326 g/mol. The molecule has 2 rings (SSSR count). The van der Waals surface area contributed by atoms with Crippen LogP contribution in [0.1, 0.15) is 26.2 Å². The largest absolute Gasteiger partial charge is 0.369 e. The van der Waals surface area contributed by atoms with Crippen LogP contribution in [0.4, 0.5) is 11.6 Å². The van der Waals surface area contributed by atoms with Crippen LogP contribution in [-0.4, -0.2) is 25.2 Å². The molecule has 0 spiro atoms. The number of nitrogens with zero attached hydrogens (tertiary/aromatic N) is 2. The highest BCUT2D eigenvalue weighted by Gasteiger charge is 2.15. The molecule has 6 nitrogen and oxygen atoms in total. The molecule has 0 radical (unpaired) electrons. The van der Waals surface area contributed by atoms with Crippen molar-refractivity contribution in [2.45, 2.75) is 30.4 Å². The highest BCUT2D eigenvalue weighted by atomic mass is 32.2. The number of thiophene rings is 1. The molecule has 0 aliphatic carbocycles. The lowest BCUT2D eigenvalue weighted by molar-refractivity contribution is 0.603. The minimum atomic E-state index is -3.56. The molecule has 21 heavy (non-hydrogen) atoms.